The quantitative estimate of drug-likeness (QED) is 0.837. The summed E-state index contributed by atoms with van der Waals surface area (Å²) in [6, 6.07) is 0.499. The molecule has 2 atom stereocenters. The van der Waals surface area contributed by atoms with Gasteiger partial charge >= 0.3 is 6.01 Å². The van der Waals surface area contributed by atoms with Crippen LogP contribution >= 0.6 is 0 Å². The van der Waals surface area contributed by atoms with Crippen molar-refractivity contribution < 1.29 is 9.47 Å². The molecule has 2 N–H and O–H groups in total. The van der Waals surface area contributed by atoms with Gasteiger partial charge in [-0.25, -0.2) is 0 Å². The van der Waals surface area contributed by atoms with E-state index in [9.17, 15) is 0 Å². The molecule has 100 valence electrons. The third-order valence-electron chi connectivity index (χ3n) is 3.00. The predicted octanol–water partition coefficient (Wildman–Crippen LogP) is 0.466. The second kappa shape index (κ2) is 5.34. The smallest absolute Gasteiger partial charge is 0.322 e. The summed E-state index contributed by atoms with van der Waals surface area (Å²) in [5, 5.41) is 0. The lowest BCUT2D eigenvalue weighted by Gasteiger charge is -2.38. The molecular weight excluding hydrogens is 234 g/mol. The molecule has 1 aliphatic rings. The molecule has 1 saturated heterocycles. The van der Waals surface area contributed by atoms with Crippen LogP contribution in [0.3, 0.4) is 0 Å². The number of ether oxygens (including phenoxy) is 2. The van der Waals surface area contributed by atoms with E-state index in [0.29, 0.717) is 12.6 Å². The molecule has 2 heterocycles. The van der Waals surface area contributed by atoms with Crippen molar-refractivity contribution in [1.29, 1.82) is 0 Å². The molecule has 7 heteroatoms. The van der Waals surface area contributed by atoms with Crippen LogP contribution in [0, 0.1) is 0 Å². The Labute approximate surface area is 106 Å². The molecule has 0 spiro atoms. The largest absolute Gasteiger partial charge is 0.467 e. The van der Waals surface area contributed by atoms with Crippen molar-refractivity contribution >= 4 is 11.9 Å². The van der Waals surface area contributed by atoms with Gasteiger partial charge in [0.1, 0.15) is 0 Å². The molecule has 1 aliphatic heterocycles. The molecule has 0 radical (unpaired) electrons. The number of rotatable bonds is 3. The van der Waals surface area contributed by atoms with E-state index in [1.165, 1.54) is 7.11 Å². The summed E-state index contributed by atoms with van der Waals surface area (Å²) in [6.45, 7) is 5.55. The summed E-state index contributed by atoms with van der Waals surface area (Å²) in [5.41, 5.74) is 5.66. The number of anilines is 2. The molecule has 2 unspecified atom stereocenters. The Morgan fingerprint density at radius 2 is 2.22 bits per heavy atom. The summed E-state index contributed by atoms with van der Waals surface area (Å²) in [5.74, 6) is 0.729. The normalized spacial score (nSPS) is 24.1. The molecule has 0 aromatic carbocycles. The maximum Gasteiger partial charge on any atom is 0.322 e. The number of morpholine rings is 1. The zero-order valence-electron chi connectivity index (χ0n) is 11.0. The average molecular weight is 253 g/mol. The van der Waals surface area contributed by atoms with Crippen LogP contribution in [0.1, 0.15) is 20.3 Å². The Morgan fingerprint density at radius 1 is 1.44 bits per heavy atom. The van der Waals surface area contributed by atoms with Crippen molar-refractivity contribution in [3.8, 4) is 6.01 Å². The average Bonchev–Trinajstić information content (AvgIpc) is 2.38. The van der Waals surface area contributed by atoms with Crippen molar-refractivity contribution in [2.24, 2.45) is 0 Å². The first-order valence-corrected chi connectivity index (χ1v) is 6.07. The van der Waals surface area contributed by atoms with Crippen molar-refractivity contribution in [2.75, 3.05) is 30.9 Å². The van der Waals surface area contributed by atoms with Crippen LogP contribution in [-0.2, 0) is 4.74 Å². The number of hydrogen-bond acceptors (Lipinski definition) is 7. The van der Waals surface area contributed by atoms with Gasteiger partial charge in [0.05, 0.1) is 25.9 Å². The van der Waals surface area contributed by atoms with E-state index in [2.05, 4.69) is 26.8 Å². The van der Waals surface area contributed by atoms with E-state index in [1.807, 2.05) is 6.92 Å². The Kier molecular flexibility index (Phi) is 3.81. The molecule has 0 amide bonds. The SMILES string of the molecule is CCC1COC(C)CN1c1nc(N)nc(OC)n1. The van der Waals surface area contributed by atoms with Gasteiger partial charge in [-0.15, -0.1) is 0 Å². The van der Waals surface area contributed by atoms with Crippen molar-refractivity contribution in [2.45, 2.75) is 32.4 Å². The zero-order valence-corrected chi connectivity index (χ0v) is 11.0. The van der Waals surface area contributed by atoms with Gasteiger partial charge in [-0.2, -0.15) is 15.0 Å². The highest BCUT2D eigenvalue weighted by Crippen LogP contribution is 2.21. The van der Waals surface area contributed by atoms with E-state index in [1.54, 1.807) is 0 Å². The number of nitrogens with zero attached hydrogens (tertiary/aromatic N) is 4. The van der Waals surface area contributed by atoms with Crippen LogP contribution in [0.25, 0.3) is 0 Å². The van der Waals surface area contributed by atoms with E-state index in [4.69, 9.17) is 15.2 Å². The molecule has 0 aliphatic carbocycles. The van der Waals surface area contributed by atoms with Gasteiger partial charge in [-0.3, -0.25) is 0 Å². The number of nitrogens with two attached hydrogens (primary N) is 1. The Bertz CT molecular complexity index is 414. The highest BCUT2D eigenvalue weighted by Gasteiger charge is 2.28. The first-order chi connectivity index (χ1) is 8.63. The Hall–Kier alpha value is -1.63. The first kappa shape index (κ1) is 12.8. The first-order valence-electron chi connectivity index (χ1n) is 6.07. The number of aromatic nitrogens is 3. The van der Waals surface area contributed by atoms with Crippen LogP contribution in [0.5, 0.6) is 6.01 Å². The molecule has 2 rings (SSSR count). The fourth-order valence-corrected chi connectivity index (χ4v) is 2.01. The van der Waals surface area contributed by atoms with Crippen molar-refractivity contribution in [3.05, 3.63) is 0 Å². The maximum atomic E-state index is 5.66. The van der Waals surface area contributed by atoms with Crippen LogP contribution < -0.4 is 15.4 Å². The summed E-state index contributed by atoms with van der Waals surface area (Å²) in [4.78, 5) is 14.4. The van der Waals surface area contributed by atoms with Crippen LogP contribution in [0.15, 0.2) is 0 Å². The molecule has 0 saturated carbocycles. The minimum absolute atomic E-state index is 0.150. The minimum Gasteiger partial charge on any atom is -0.467 e. The fourth-order valence-electron chi connectivity index (χ4n) is 2.01. The number of nitrogen functional groups attached to an aromatic ring is 1. The standard InChI is InChI=1S/C11H19N5O2/c1-4-8-6-18-7(2)5-16(8)10-13-9(12)14-11(15-10)17-3/h7-8H,4-6H2,1-3H3,(H2,12,13,14,15). The minimum atomic E-state index is 0.150. The molecule has 0 bridgehead atoms. The van der Waals surface area contributed by atoms with E-state index in [-0.39, 0.29) is 24.1 Å². The van der Waals surface area contributed by atoms with Crippen LogP contribution in [0.2, 0.25) is 0 Å². The third kappa shape index (κ3) is 2.61. The zero-order chi connectivity index (χ0) is 13.1. The van der Waals surface area contributed by atoms with Gasteiger partial charge in [0.2, 0.25) is 11.9 Å². The Morgan fingerprint density at radius 3 is 2.89 bits per heavy atom. The molecule has 18 heavy (non-hydrogen) atoms. The Balaban J connectivity index is 2.29. The summed E-state index contributed by atoms with van der Waals surface area (Å²) >= 11 is 0. The third-order valence-corrected chi connectivity index (χ3v) is 3.00. The van der Waals surface area contributed by atoms with E-state index < -0.39 is 0 Å². The summed E-state index contributed by atoms with van der Waals surface area (Å²) in [6.07, 6.45) is 1.11. The van der Waals surface area contributed by atoms with Crippen molar-refractivity contribution in [1.82, 2.24) is 15.0 Å². The van der Waals surface area contributed by atoms with Gasteiger partial charge in [-0.05, 0) is 13.3 Å². The highest BCUT2D eigenvalue weighted by atomic mass is 16.5. The second-order valence-electron chi connectivity index (χ2n) is 4.34. The lowest BCUT2D eigenvalue weighted by atomic mass is 10.1. The topological polar surface area (TPSA) is 86.4 Å². The maximum absolute atomic E-state index is 5.66. The van der Waals surface area contributed by atoms with Gasteiger partial charge in [0.15, 0.2) is 0 Å². The monoisotopic (exact) mass is 253 g/mol. The summed E-state index contributed by atoms with van der Waals surface area (Å²) in [7, 11) is 1.51. The van der Waals surface area contributed by atoms with Gasteiger partial charge in [0, 0.05) is 6.54 Å². The molecule has 7 nitrogen and oxygen atoms in total. The molecule has 1 aromatic rings. The predicted molar refractivity (Wildman–Crippen MR) is 67.6 cm³/mol. The van der Waals surface area contributed by atoms with Crippen LogP contribution in [-0.4, -0.2) is 47.4 Å². The van der Waals surface area contributed by atoms with Crippen LogP contribution in [0.4, 0.5) is 11.9 Å². The highest BCUT2D eigenvalue weighted by molar-refractivity contribution is 5.38. The molecule has 1 aromatic heterocycles. The van der Waals surface area contributed by atoms with E-state index in [0.717, 1.165) is 13.0 Å². The van der Waals surface area contributed by atoms with Gasteiger partial charge in [-0.1, -0.05) is 6.92 Å². The number of hydrogen-bond donors (Lipinski definition) is 1. The van der Waals surface area contributed by atoms with Crippen molar-refractivity contribution in [3.63, 3.8) is 0 Å². The lowest BCUT2D eigenvalue weighted by Crippen LogP contribution is -2.49. The number of methoxy groups -OCH3 is 1. The molecule has 1 fully saturated rings. The second-order valence-corrected chi connectivity index (χ2v) is 4.34. The fraction of sp³-hybridized carbons (Fsp3) is 0.727. The summed E-state index contributed by atoms with van der Waals surface area (Å²) < 4.78 is 10.7. The molecular formula is C11H19N5O2. The lowest BCUT2D eigenvalue weighted by molar-refractivity contribution is 0.0292. The van der Waals surface area contributed by atoms with Gasteiger partial charge in [0.25, 0.3) is 0 Å². The van der Waals surface area contributed by atoms with E-state index >= 15 is 0 Å². The van der Waals surface area contributed by atoms with Gasteiger partial charge < -0.3 is 20.1 Å².